The Morgan fingerprint density at radius 3 is 2.42 bits per heavy atom. The molecule has 5 amide bonds. The van der Waals surface area contributed by atoms with Crippen molar-refractivity contribution < 1.29 is 19.2 Å². The molecule has 104 valence electrons. The molecule has 0 aliphatic carbocycles. The fourth-order valence-corrected chi connectivity index (χ4v) is 2.34. The lowest BCUT2D eigenvalue weighted by molar-refractivity contribution is -0.152. The Balaban J connectivity index is 2.24. The Labute approximate surface area is 110 Å². The summed E-state index contributed by atoms with van der Waals surface area (Å²) in [5.74, 6) is -1.09. The predicted molar refractivity (Wildman–Crippen MR) is 64.8 cm³/mol. The Morgan fingerprint density at radius 1 is 1.21 bits per heavy atom. The van der Waals surface area contributed by atoms with Gasteiger partial charge in [-0.05, 0) is 20.3 Å². The lowest BCUT2D eigenvalue weighted by atomic mass is 9.87. The molecule has 0 bridgehead atoms. The molecule has 2 saturated heterocycles. The van der Waals surface area contributed by atoms with Crippen LogP contribution in [0.4, 0.5) is 4.79 Å². The van der Waals surface area contributed by atoms with Crippen LogP contribution in [0.1, 0.15) is 26.7 Å². The first-order valence-corrected chi connectivity index (χ1v) is 6.18. The normalized spacial score (nSPS) is 27.6. The van der Waals surface area contributed by atoms with E-state index < -0.39 is 23.3 Å². The number of likely N-dealkylation sites (N-methyl/N-ethyl adjacent to an activating group) is 1. The van der Waals surface area contributed by atoms with Crippen molar-refractivity contribution in [1.82, 2.24) is 15.1 Å². The molecule has 2 aliphatic rings. The van der Waals surface area contributed by atoms with Gasteiger partial charge in [-0.2, -0.15) is 0 Å². The molecule has 0 aromatic heterocycles. The Hall–Kier alpha value is -1.92. The molecule has 1 N–H and O–H groups in total. The van der Waals surface area contributed by atoms with Crippen LogP contribution in [0.3, 0.4) is 0 Å². The van der Waals surface area contributed by atoms with Crippen LogP contribution in [-0.4, -0.2) is 53.2 Å². The second-order valence-electron chi connectivity index (χ2n) is 5.53. The monoisotopic (exact) mass is 267 g/mol. The number of hydrogen-bond donors (Lipinski definition) is 1. The summed E-state index contributed by atoms with van der Waals surface area (Å²) in [5, 5.41) is 2.20. The van der Waals surface area contributed by atoms with Crippen LogP contribution in [0, 0.1) is 5.41 Å². The van der Waals surface area contributed by atoms with E-state index in [1.807, 2.05) is 0 Å². The third-order valence-corrected chi connectivity index (χ3v) is 3.73. The van der Waals surface area contributed by atoms with Gasteiger partial charge in [-0.1, -0.05) is 0 Å². The number of nitrogens with one attached hydrogen (secondary N) is 1. The van der Waals surface area contributed by atoms with Gasteiger partial charge in [0.05, 0.1) is 6.04 Å². The molecule has 0 aromatic rings. The van der Waals surface area contributed by atoms with Crippen molar-refractivity contribution in [3.63, 3.8) is 0 Å². The molecule has 7 heteroatoms. The minimum Gasteiger partial charge on any atom is -0.344 e. The third kappa shape index (κ3) is 2.09. The number of barbiturate groups is 1. The Kier molecular flexibility index (Phi) is 3.07. The molecule has 2 fully saturated rings. The lowest BCUT2D eigenvalue weighted by Gasteiger charge is -2.41. The van der Waals surface area contributed by atoms with Crippen molar-refractivity contribution in [2.24, 2.45) is 5.41 Å². The van der Waals surface area contributed by atoms with E-state index in [1.54, 1.807) is 7.05 Å². The van der Waals surface area contributed by atoms with E-state index in [9.17, 15) is 19.2 Å². The standard InChI is InChI=1S/C12H17N3O4/c1-12(2)9(17)13-11(19)15(10(12)18)7-4-5-8(16)14(3)6-7/h7H,4-6H2,1-3H3,(H,13,17,19). The van der Waals surface area contributed by atoms with E-state index in [0.717, 1.165) is 4.90 Å². The van der Waals surface area contributed by atoms with E-state index in [4.69, 9.17) is 0 Å². The van der Waals surface area contributed by atoms with Crippen molar-refractivity contribution in [2.75, 3.05) is 13.6 Å². The van der Waals surface area contributed by atoms with Crippen molar-refractivity contribution >= 4 is 23.8 Å². The summed E-state index contributed by atoms with van der Waals surface area (Å²) in [5.41, 5.74) is -1.26. The first kappa shape index (κ1) is 13.5. The fraction of sp³-hybridized carbons (Fsp3) is 0.667. The van der Waals surface area contributed by atoms with E-state index in [2.05, 4.69) is 5.32 Å². The molecule has 0 aromatic carbocycles. The van der Waals surface area contributed by atoms with Crippen molar-refractivity contribution in [1.29, 1.82) is 0 Å². The number of piperidine rings is 1. The van der Waals surface area contributed by atoms with Gasteiger partial charge in [0.1, 0.15) is 5.41 Å². The van der Waals surface area contributed by atoms with Crippen molar-refractivity contribution in [2.45, 2.75) is 32.7 Å². The van der Waals surface area contributed by atoms with Crippen LogP contribution in [0.2, 0.25) is 0 Å². The van der Waals surface area contributed by atoms with Gasteiger partial charge in [-0.15, -0.1) is 0 Å². The van der Waals surface area contributed by atoms with Crippen LogP contribution >= 0.6 is 0 Å². The zero-order chi connectivity index (χ0) is 14.4. The Morgan fingerprint density at radius 2 is 1.84 bits per heavy atom. The summed E-state index contributed by atoms with van der Waals surface area (Å²) < 4.78 is 0. The quantitative estimate of drug-likeness (QED) is 0.661. The zero-order valence-electron chi connectivity index (χ0n) is 11.2. The van der Waals surface area contributed by atoms with Gasteiger partial charge in [-0.25, -0.2) is 4.79 Å². The van der Waals surface area contributed by atoms with Gasteiger partial charge >= 0.3 is 6.03 Å². The second-order valence-corrected chi connectivity index (χ2v) is 5.53. The molecule has 0 spiro atoms. The molecular weight excluding hydrogens is 250 g/mol. The topological polar surface area (TPSA) is 86.8 Å². The molecule has 2 aliphatic heterocycles. The number of carbonyl (C=O) groups excluding carboxylic acids is 4. The number of nitrogens with zero attached hydrogens (tertiary/aromatic N) is 2. The van der Waals surface area contributed by atoms with E-state index in [0.29, 0.717) is 19.4 Å². The number of carbonyl (C=O) groups is 4. The molecule has 1 unspecified atom stereocenters. The molecule has 19 heavy (non-hydrogen) atoms. The van der Waals surface area contributed by atoms with Gasteiger partial charge in [0.25, 0.3) is 0 Å². The first-order chi connectivity index (χ1) is 8.75. The highest BCUT2D eigenvalue weighted by molar-refractivity contribution is 6.18. The van der Waals surface area contributed by atoms with Crippen LogP contribution in [-0.2, 0) is 14.4 Å². The molecule has 7 nitrogen and oxygen atoms in total. The van der Waals surface area contributed by atoms with Crippen LogP contribution in [0.15, 0.2) is 0 Å². The number of hydrogen-bond acceptors (Lipinski definition) is 4. The largest absolute Gasteiger partial charge is 0.344 e. The summed E-state index contributed by atoms with van der Waals surface area (Å²) in [4.78, 5) is 49.8. The van der Waals surface area contributed by atoms with Crippen molar-refractivity contribution in [3.8, 4) is 0 Å². The molecule has 2 heterocycles. The van der Waals surface area contributed by atoms with Crippen LogP contribution in [0.25, 0.3) is 0 Å². The number of urea groups is 1. The van der Waals surface area contributed by atoms with Gasteiger partial charge in [0, 0.05) is 20.0 Å². The first-order valence-electron chi connectivity index (χ1n) is 6.18. The predicted octanol–water partition coefficient (Wildman–Crippen LogP) is -0.288. The summed E-state index contributed by atoms with van der Waals surface area (Å²) in [7, 11) is 1.64. The van der Waals surface area contributed by atoms with Gasteiger partial charge in [-0.3, -0.25) is 24.6 Å². The second kappa shape index (κ2) is 4.32. The highest BCUT2D eigenvalue weighted by atomic mass is 16.2. The smallest absolute Gasteiger partial charge is 0.331 e. The number of amides is 5. The van der Waals surface area contributed by atoms with E-state index in [1.165, 1.54) is 18.7 Å². The van der Waals surface area contributed by atoms with E-state index >= 15 is 0 Å². The summed E-state index contributed by atoms with van der Waals surface area (Å²) in [6.45, 7) is 3.28. The van der Waals surface area contributed by atoms with Gasteiger partial charge in [0.2, 0.25) is 17.7 Å². The zero-order valence-corrected chi connectivity index (χ0v) is 11.2. The maximum absolute atomic E-state index is 12.3. The fourth-order valence-electron chi connectivity index (χ4n) is 2.34. The number of likely N-dealkylation sites (tertiary alicyclic amines) is 1. The van der Waals surface area contributed by atoms with E-state index in [-0.39, 0.29) is 11.9 Å². The number of rotatable bonds is 1. The maximum atomic E-state index is 12.3. The lowest BCUT2D eigenvalue weighted by Crippen LogP contribution is -2.66. The summed E-state index contributed by atoms with van der Waals surface area (Å²) >= 11 is 0. The SMILES string of the molecule is CN1CC(N2C(=O)NC(=O)C(C)(C)C2=O)CCC1=O. The summed E-state index contributed by atoms with van der Waals surface area (Å²) in [6, 6.07) is -1.07. The highest BCUT2D eigenvalue weighted by Gasteiger charge is 2.49. The highest BCUT2D eigenvalue weighted by Crippen LogP contribution is 2.27. The van der Waals surface area contributed by atoms with Crippen LogP contribution < -0.4 is 5.32 Å². The van der Waals surface area contributed by atoms with Gasteiger partial charge in [0.15, 0.2) is 0 Å². The maximum Gasteiger partial charge on any atom is 0.331 e. The molecule has 0 saturated carbocycles. The minimum atomic E-state index is -1.26. The molecule has 0 radical (unpaired) electrons. The van der Waals surface area contributed by atoms with Crippen LogP contribution in [0.5, 0.6) is 0 Å². The molecule has 1 atom stereocenters. The van der Waals surface area contributed by atoms with Crippen molar-refractivity contribution in [3.05, 3.63) is 0 Å². The van der Waals surface area contributed by atoms with Gasteiger partial charge < -0.3 is 4.90 Å². The Bertz CT molecular complexity index is 472. The number of imide groups is 2. The average Bonchev–Trinajstić information content (AvgIpc) is 2.32. The molecule has 2 rings (SSSR count). The average molecular weight is 267 g/mol. The summed E-state index contributed by atoms with van der Waals surface area (Å²) in [6.07, 6.45) is 0.735. The minimum absolute atomic E-state index is 0.00328. The third-order valence-electron chi connectivity index (χ3n) is 3.73. The molecular formula is C12H17N3O4.